The highest BCUT2D eigenvalue weighted by molar-refractivity contribution is 6.34. The molecule has 0 aromatic heterocycles. The quantitative estimate of drug-likeness (QED) is 0.753. The number of halogens is 1. The number of carboxylic acids is 1. The summed E-state index contributed by atoms with van der Waals surface area (Å²) >= 11 is 5.84. The van der Waals surface area contributed by atoms with Crippen LogP contribution in [0.1, 0.15) is 22.3 Å². The second kappa shape index (κ2) is 5.40. The minimum atomic E-state index is -1.08. The van der Waals surface area contributed by atoms with Gasteiger partial charge >= 0.3 is 5.97 Å². The van der Waals surface area contributed by atoms with Crippen molar-refractivity contribution in [3.05, 3.63) is 34.3 Å². The van der Waals surface area contributed by atoms with E-state index in [9.17, 15) is 4.79 Å². The van der Waals surface area contributed by atoms with E-state index in [4.69, 9.17) is 21.8 Å². The monoisotopic (exact) mass is 224 g/mol. The van der Waals surface area contributed by atoms with Crippen LogP contribution in [0.2, 0.25) is 5.02 Å². The van der Waals surface area contributed by atoms with E-state index in [-0.39, 0.29) is 17.2 Å². The molecule has 3 nitrogen and oxygen atoms in total. The summed E-state index contributed by atoms with van der Waals surface area (Å²) in [6, 6.07) is 4.64. The lowest BCUT2D eigenvalue weighted by molar-refractivity contribution is 0.0697. The number of carbonyl (C=O) groups is 1. The lowest BCUT2D eigenvalue weighted by atomic mass is 10.1. The highest BCUT2D eigenvalue weighted by Crippen LogP contribution is 2.20. The third-order valence-electron chi connectivity index (χ3n) is 1.69. The van der Waals surface area contributed by atoms with Gasteiger partial charge in [0.1, 0.15) is 0 Å². The van der Waals surface area contributed by atoms with Gasteiger partial charge < -0.3 is 10.2 Å². The molecule has 0 saturated carbocycles. The summed E-state index contributed by atoms with van der Waals surface area (Å²) < 4.78 is 0. The third-order valence-corrected chi connectivity index (χ3v) is 2.10. The predicted molar refractivity (Wildman–Crippen MR) is 57.0 cm³/mol. The summed E-state index contributed by atoms with van der Waals surface area (Å²) in [5.74, 6) is 4.31. The zero-order chi connectivity index (χ0) is 11.3. The van der Waals surface area contributed by atoms with Crippen molar-refractivity contribution in [1.82, 2.24) is 0 Å². The van der Waals surface area contributed by atoms with E-state index in [0.29, 0.717) is 12.0 Å². The molecule has 0 spiro atoms. The molecule has 0 heterocycles. The number of benzene rings is 1. The summed E-state index contributed by atoms with van der Waals surface area (Å²) in [4.78, 5) is 10.7. The second-order valence-corrected chi connectivity index (χ2v) is 3.13. The molecule has 0 unspecified atom stereocenters. The van der Waals surface area contributed by atoms with Gasteiger partial charge in [-0.15, -0.1) is 0 Å². The first-order chi connectivity index (χ1) is 7.16. The zero-order valence-electron chi connectivity index (χ0n) is 7.83. The molecule has 0 fully saturated rings. The smallest absolute Gasteiger partial charge is 0.337 e. The number of hydrogen-bond acceptors (Lipinski definition) is 2. The van der Waals surface area contributed by atoms with Crippen molar-refractivity contribution < 1.29 is 15.0 Å². The molecular formula is C11H9ClO3. The fourth-order valence-electron chi connectivity index (χ4n) is 1.01. The SMILES string of the molecule is O=C(O)c1cccc(C#CCCO)c1Cl. The molecule has 0 radical (unpaired) electrons. The number of aliphatic hydroxyl groups excluding tert-OH is 1. The fourth-order valence-corrected chi connectivity index (χ4v) is 1.26. The van der Waals surface area contributed by atoms with Crippen LogP contribution in [0.25, 0.3) is 0 Å². The molecule has 4 heteroatoms. The zero-order valence-corrected chi connectivity index (χ0v) is 8.58. The molecule has 2 N–H and O–H groups in total. The molecule has 0 amide bonds. The van der Waals surface area contributed by atoms with E-state index in [2.05, 4.69) is 11.8 Å². The molecule has 0 atom stereocenters. The van der Waals surface area contributed by atoms with Gasteiger partial charge in [-0.2, -0.15) is 0 Å². The van der Waals surface area contributed by atoms with Gasteiger partial charge in [0.25, 0.3) is 0 Å². The van der Waals surface area contributed by atoms with E-state index in [0.717, 1.165) is 0 Å². The Bertz CT molecular complexity index is 429. The molecular weight excluding hydrogens is 216 g/mol. The van der Waals surface area contributed by atoms with Crippen LogP contribution in [0.4, 0.5) is 0 Å². The van der Waals surface area contributed by atoms with E-state index >= 15 is 0 Å². The van der Waals surface area contributed by atoms with Crippen molar-refractivity contribution in [2.45, 2.75) is 6.42 Å². The number of aromatic carboxylic acids is 1. The van der Waals surface area contributed by atoms with Crippen LogP contribution in [-0.2, 0) is 0 Å². The van der Waals surface area contributed by atoms with Crippen LogP contribution in [-0.4, -0.2) is 22.8 Å². The molecule has 15 heavy (non-hydrogen) atoms. The summed E-state index contributed by atoms with van der Waals surface area (Å²) in [6.07, 6.45) is 0.341. The van der Waals surface area contributed by atoms with Crippen molar-refractivity contribution in [1.29, 1.82) is 0 Å². The molecule has 1 aromatic carbocycles. The second-order valence-electron chi connectivity index (χ2n) is 2.75. The highest BCUT2D eigenvalue weighted by Gasteiger charge is 2.10. The van der Waals surface area contributed by atoms with Gasteiger partial charge in [-0.3, -0.25) is 0 Å². The fraction of sp³-hybridized carbons (Fsp3) is 0.182. The molecule has 0 aliphatic heterocycles. The lowest BCUT2D eigenvalue weighted by Gasteiger charge is -1.99. The summed E-state index contributed by atoms with van der Waals surface area (Å²) in [7, 11) is 0. The number of carboxylic acid groups (broad SMARTS) is 1. The van der Waals surface area contributed by atoms with E-state index < -0.39 is 5.97 Å². The van der Waals surface area contributed by atoms with E-state index in [1.807, 2.05) is 0 Å². The van der Waals surface area contributed by atoms with Crippen LogP contribution in [0.15, 0.2) is 18.2 Å². The van der Waals surface area contributed by atoms with Gasteiger partial charge in [0.2, 0.25) is 0 Å². The Morgan fingerprint density at radius 3 is 2.80 bits per heavy atom. The highest BCUT2D eigenvalue weighted by atomic mass is 35.5. The summed E-state index contributed by atoms with van der Waals surface area (Å²) in [5.41, 5.74) is 0.498. The average molecular weight is 225 g/mol. The van der Waals surface area contributed by atoms with Gasteiger partial charge in [-0.1, -0.05) is 29.5 Å². The first-order valence-electron chi connectivity index (χ1n) is 4.28. The van der Waals surface area contributed by atoms with Crippen molar-refractivity contribution in [3.8, 4) is 11.8 Å². The minimum Gasteiger partial charge on any atom is -0.478 e. The first kappa shape index (κ1) is 11.6. The number of hydrogen-bond donors (Lipinski definition) is 2. The number of rotatable bonds is 2. The first-order valence-corrected chi connectivity index (χ1v) is 4.66. The Kier molecular flexibility index (Phi) is 4.17. The average Bonchev–Trinajstić information content (AvgIpc) is 2.20. The Hall–Kier alpha value is -1.50. The summed E-state index contributed by atoms with van der Waals surface area (Å²) in [6.45, 7) is -0.0246. The summed E-state index contributed by atoms with van der Waals surface area (Å²) in [5, 5.41) is 17.5. The molecule has 1 rings (SSSR count). The molecule has 78 valence electrons. The Morgan fingerprint density at radius 1 is 1.47 bits per heavy atom. The van der Waals surface area contributed by atoms with Crippen LogP contribution < -0.4 is 0 Å². The van der Waals surface area contributed by atoms with E-state index in [1.165, 1.54) is 6.07 Å². The van der Waals surface area contributed by atoms with Gasteiger partial charge in [-0.05, 0) is 12.1 Å². The van der Waals surface area contributed by atoms with Gasteiger partial charge in [0.05, 0.1) is 17.2 Å². The molecule has 1 aromatic rings. The maximum atomic E-state index is 10.7. The maximum Gasteiger partial charge on any atom is 0.337 e. The molecule has 0 saturated heterocycles. The Labute approximate surface area is 92.3 Å². The van der Waals surface area contributed by atoms with Crippen molar-refractivity contribution in [2.24, 2.45) is 0 Å². The predicted octanol–water partition coefficient (Wildman–Crippen LogP) is 1.77. The van der Waals surface area contributed by atoms with Crippen molar-refractivity contribution in [3.63, 3.8) is 0 Å². The normalized spacial score (nSPS) is 9.20. The largest absolute Gasteiger partial charge is 0.478 e. The topological polar surface area (TPSA) is 57.5 Å². The maximum absolute atomic E-state index is 10.7. The standard InChI is InChI=1S/C11H9ClO3/c12-10-8(4-1-2-7-13)5-3-6-9(10)11(14)15/h3,5-6,13H,2,7H2,(H,14,15). The Balaban J connectivity index is 3.06. The van der Waals surface area contributed by atoms with E-state index in [1.54, 1.807) is 12.1 Å². The molecule has 0 bridgehead atoms. The van der Waals surface area contributed by atoms with Crippen LogP contribution >= 0.6 is 11.6 Å². The Morgan fingerprint density at radius 2 is 2.20 bits per heavy atom. The molecule has 0 aliphatic rings. The van der Waals surface area contributed by atoms with Crippen molar-refractivity contribution in [2.75, 3.05) is 6.61 Å². The minimum absolute atomic E-state index is 0.0246. The van der Waals surface area contributed by atoms with Crippen molar-refractivity contribution >= 4 is 17.6 Å². The molecule has 0 aliphatic carbocycles. The van der Waals surface area contributed by atoms with Gasteiger partial charge in [0, 0.05) is 12.0 Å². The number of aliphatic hydroxyl groups is 1. The lowest BCUT2D eigenvalue weighted by Crippen LogP contribution is -1.98. The third kappa shape index (κ3) is 2.98. The van der Waals surface area contributed by atoms with Crippen LogP contribution in [0, 0.1) is 11.8 Å². The van der Waals surface area contributed by atoms with Gasteiger partial charge in [0.15, 0.2) is 0 Å². The van der Waals surface area contributed by atoms with Crippen LogP contribution in [0.3, 0.4) is 0 Å². The van der Waals surface area contributed by atoms with Crippen LogP contribution in [0.5, 0.6) is 0 Å². The van der Waals surface area contributed by atoms with Gasteiger partial charge in [-0.25, -0.2) is 4.79 Å².